The topological polar surface area (TPSA) is 155 Å². The van der Waals surface area contributed by atoms with Crippen LogP contribution in [0, 0.1) is 20.2 Å². The van der Waals surface area contributed by atoms with Crippen LogP contribution >= 0.6 is 39.7 Å². The Morgan fingerprint density at radius 2 is 1.45 bits per heavy atom. The van der Waals surface area contributed by atoms with Crippen LogP contribution in [-0.2, 0) is 18.1 Å². The third-order valence-corrected chi connectivity index (χ3v) is 7.73. The molecule has 0 saturated carbocycles. The van der Waals surface area contributed by atoms with Gasteiger partial charge >= 0.3 is 7.82 Å². The Hall–Kier alpha value is -1.64. The molecule has 0 spiro atoms. The van der Waals surface area contributed by atoms with Gasteiger partial charge in [0.05, 0.1) is 39.3 Å². The van der Waals surface area contributed by atoms with Crippen molar-refractivity contribution in [3.05, 3.63) is 37.9 Å². The number of carbonyl (C=O) groups is 1. The lowest BCUT2D eigenvalue weighted by Gasteiger charge is -2.33. The number of anilines is 1. The normalized spacial score (nSPS) is 12.5. The predicted molar refractivity (Wildman–Crippen MR) is 161 cm³/mol. The summed E-state index contributed by atoms with van der Waals surface area (Å²) in [5.74, 6) is -0.683. The third kappa shape index (κ3) is 11.3. The van der Waals surface area contributed by atoms with Gasteiger partial charge < -0.3 is 9.80 Å². The van der Waals surface area contributed by atoms with Crippen LogP contribution in [0.3, 0.4) is 0 Å². The summed E-state index contributed by atoms with van der Waals surface area (Å²) in [6.45, 7) is 13.8. The van der Waals surface area contributed by atoms with E-state index in [1.54, 1.807) is 60.3 Å². The molecule has 0 N–H and O–H groups in total. The van der Waals surface area contributed by atoms with Gasteiger partial charge in [0.2, 0.25) is 0 Å². The zero-order valence-corrected chi connectivity index (χ0v) is 28.2. The molecule has 228 valence electrons. The number of hydrogen-bond acceptors (Lipinski definition) is 10. The minimum absolute atomic E-state index is 0.0242. The van der Waals surface area contributed by atoms with Crippen LogP contribution < -0.4 is 4.90 Å². The van der Waals surface area contributed by atoms with Crippen LogP contribution in [0.25, 0.3) is 0 Å². The van der Waals surface area contributed by atoms with E-state index < -0.39 is 52.2 Å². The van der Waals surface area contributed by atoms with Crippen LogP contribution in [0.5, 0.6) is 0 Å². The second kappa shape index (κ2) is 15.0. The van der Waals surface area contributed by atoms with Gasteiger partial charge in [-0.15, -0.1) is 0 Å². The van der Waals surface area contributed by atoms with E-state index in [0.717, 1.165) is 12.1 Å². The van der Waals surface area contributed by atoms with Gasteiger partial charge in [0, 0.05) is 42.4 Å². The Labute approximate surface area is 252 Å². The van der Waals surface area contributed by atoms with Gasteiger partial charge in [-0.1, -0.05) is 31.9 Å². The first-order chi connectivity index (χ1) is 18.2. The molecule has 0 radical (unpaired) electrons. The van der Waals surface area contributed by atoms with E-state index in [1.165, 1.54) is 4.90 Å². The van der Waals surface area contributed by atoms with Gasteiger partial charge in [0.1, 0.15) is 5.69 Å². The molecule has 1 aromatic rings. The zero-order chi connectivity index (χ0) is 31.1. The fraction of sp³-hybridized carbons (Fsp3) is 0.708. The lowest BCUT2D eigenvalue weighted by atomic mass is 10.1. The highest BCUT2D eigenvalue weighted by Crippen LogP contribution is 2.55. The second-order valence-corrected chi connectivity index (χ2v) is 14.1. The van der Waals surface area contributed by atoms with Gasteiger partial charge in [0.25, 0.3) is 17.3 Å². The summed E-state index contributed by atoms with van der Waals surface area (Å²) in [7, 11) is -4.07. The molecule has 0 aliphatic heterocycles. The van der Waals surface area contributed by atoms with Crippen molar-refractivity contribution in [2.24, 2.45) is 0 Å². The molecule has 1 amide bonds. The van der Waals surface area contributed by atoms with Gasteiger partial charge in [0.15, 0.2) is 0 Å². The number of rotatable bonds is 15. The molecule has 0 atom stereocenters. The predicted octanol–water partition coefficient (Wildman–Crippen LogP) is 6.70. The Kier molecular flexibility index (Phi) is 13.7. The highest BCUT2D eigenvalue weighted by molar-refractivity contribution is 9.09. The number of benzene rings is 1. The first-order valence-corrected chi connectivity index (χ1v) is 16.3. The molecule has 13 nitrogen and oxygen atoms in total. The van der Waals surface area contributed by atoms with Gasteiger partial charge in [-0.2, -0.15) is 0 Å². The number of carbonyl (C=O) groups excluding carboxylic acids is 1. The summed E-state index contributed by atoms with van der Waals surface area (Å²) in [5.41, 5.74) is -3.08. The lowest BCUT2D eigenvalue weighted by Crippen LogP contribution is -2.41. The Balaban J connectivity index is 3.56. The molecule has 0 aliphatic rings. The number of nitro benzene ring substituents is 2. The first kappa shape index (κ1) is 36.4. The van der Waals surface area contributed by atoms with Crippen molar-refractivity contribution in [3.8, 4) is 0 Å². The standard InChI is InChI=1S/C24H39Br2N4O9P/c1-17(2)28(13-14-37-40(36,38-23(3,4)5)39-24(6,7)8)22(31)19-15-18(29(32)33)16-20(30(34)35)21(19)27(11-9-25)12-10-26/h15-17H,9-14H2,1-8H3. The van der Waals surface area contributed by atoms with E-state index in [0.29, 0.717) is 23.7 Å². The maximum Gasteiger partial charge on any atom is 0.475 e. The van der Waals surface area contributed by atoms with Crippen molar-refractivity contribution < 1.29 is 32.8 Å². The quantitative estimate of drug-likeness (QED) is 0.0828. The summed E-state index contributed by atoms with van der Waals surface area (Å²) in [6.07, 6.45) is 0. The van der Waals surface area contributed by atoms with E-state index in [-0.39, 0.29) is 24.4 Å². The molecule has 40 heavy (non-hydrogen) atoms. The molecule has 16 heteroatoms. The minimum Gasteiger partial charge on any atom is -0.364 e. The SMILES string of the molecule is CC(C)N(CCOP(=O)(OC(C)(C)C)OC(C)(C)C)C(=O)c1cc([N+](=O)[O-])cc([N+](=O)[O-])c1N(CCBr)CCBr. The van der Waals surface area contributed by atoms with E-state index in [1.807, 2.05) is 0 Å². The Morgan fingerprint density at radius 1 is 0.950 bits per heavy atom. The number of phosphoric acid groups is 1. The zero-order valence-electron chi connectivity index (χ0n) is 24.1. The van der Waals surface area contributed by atoms with Crippen molar-refractivity contribution in [2.45, 2.75) is 72.6 Å². The molecule has 1 rings (SSSR count). The van der Waals surface area contributed by atoms with Gasteiger partial charge in [-0.3, -0.25) is 38.6 Å². The Bertz CT molecular complexity index is 1080. The number of halogens is 2. The fourth-order valence-electron chi connectivity index (χ4n) is 3.63. The van der Waals surface area contributed by atoms with Gasteiger partial charge in [-0.25, -0.2) is 4.57 Å². The Morgan fingerprint density at radius 3 is 1.82 bits per heavy atom. The molecule has 0 saturated heterocycles. The molecule has 0 fully saturated rings. The van der Waals surface area contributed by atoms with E-state index in [9.17, 15) is 29.6 Å². The molecule has 0 aliphatic carbocycles. The number of nitrogens with zero attached hydrogens (tertiary/aromatic N) is 4. The average molecular weight is 718 g/mol. The summed E-state index contributed by atoms with van der Waals surface area (Å²) >= 11 is 6.65. The van der Waals surface area contributed by atoms with Crippen LogP contribution in [0.2, 0.25) is 0 Å². The van der Waals surface area contributed by atoms with Crippen molar-refractivity contribution in [2.75, 3.05) is 41.8 Å². The van der Waals surface area contributed by atoms with E-state index >= 15 is 0 Å². The molecule has 1 aromatic carbocycles. The van der Waals surface area contributed by atoms with Crippen LogP contribution in [0.4, 0.5) is 17.1 Å². The minimum atomic E-state index is -4.07. The number of hydrogen-bond donors (Lipinski definition) is 0. The molecule has 0 aromatic heterocycles. The molecule has 0 bridgehead atoms. The smallest absolute Gasteiger partial charge is 0.364 e. The number of non-ortho nitro benzene ring substituents is 1. The van der Waals surface area contributed by atoms with Crippen molar-refractivity contribution in [1.29, 1.82) is 0 Å². The van der Waals surface area contributed by atoms with Crippen molar-refractivity contribution >= 4 is 62.7 Å². The maximum atomic E-state index is 13.9. The maximum absolute atomic E-state index is 13.9. The summed E-state index contributed by atoms with van der Waals surface area (Å²) in [5, 5.41) is 24.5. The van der Waals surface area contributed by atoms with Gasteiger partial charge in [-0.05, 0) is 55.4 Å². The van der Waals surface area contributed by atoms with E-state index in [4.69, 9.17) is 13.6 Å². The largest absolute Gasteiger partial charge is 0.475 e. The van der Waals surface area contributed by atoms with Crippen LogP contribution in [0.15, 0.2) is 12.1 Å². The summed E-state index contributed by atoms with van der Waals surface area (Å²) in [6, 6.07) is 1.45. The van der Waals surface area contributed by atoms with E-state index in [2.05, 4.69) is 31.9 Å². The third-order valence-electron chi connectivity index (χ3n) is 4.97. The molecular weight excluding hydrogens is 679 g/mol. The monoisotopic (exact) mass is 716 g/mol. The number of phosphoric ester groups is 1. The molecular formula is C24H39Br2N4O9P. The van der Waals surface area contributed by atoms with Crippen molar-refractivity contribution in [1.82, 2.24) is 4.90 Å². The highest BCUT2D eigenvalue weighted by Gasteiger charge is 2.38. The van der Waals surface area contributed by atoms with Crippen LogP contribution in [-0.4, -0.2) is 74.8 Å². The second-order valence-electron chi connectivity index (χ2n) is 11.0. The summed E-state index contributed by atoms with van der Waals surface area (Å²) < 4.78 is 30.3. The van der Waals surface area contributed by atoms with Crippen LogP contribution in [0.1, 0.15) is 65.7 Å². The number of amides is 1. The van der Waals surface area contributed by atoms with Crippen molar-refractivity contribution in [3.63, 3.8) is 0 Å². The lowest BCUT2D eigenvalue weighted by molar-refractivity contribution is -0.393. The highest BCUT2D eigenvalue weighted by atomic mass is 79.9. The fourth-order valence-corrected chi connectivity index (χ4v) is 6.27. The summed E-state index contributed by atoms with van der Waals surface area (Å²) in [4.78, 5) is 39.0. The number of nitro groups is 2. The molecule has 0 unspecified atom stereocenters. The first-order valence-electron chi connectivity index (χ1n) is 12.6. The number of alkyl halides is 2. The molecule has 0 heterocycles. The average Bonchev–Trinajstić information content (AvgIpc) is 2.77.